The van der Waals surface area contributed by atoms with E-state index in [1.807, 2.05) is 0 Å². The molecular formula is C16H16OS. The first-order chi connectivity index (χ1) is 8.72. The molecule has 0 aliphatic heterocycles. The Morgan fingerprint density at radius 3 is 2.67 bits per heavy atom. The van der Waals surface area contributed by atoms with Gasteiger partial charge in [-0.3, -0.25) is 0 Å². The van der Waals surface area contributed by atoms with Gasteiger partial charge in [-0.05, 0) is 29.0 Å². The van der Waals surface area contributed by atoms with Crippen LogP contribution in [-0.4, -0.2) is 7.11 Å². The van der Waals surface area contributed by atoms with E-state index >= 15 is 0 Å². The van der Waals surface area contributed by atoms with E-state index in [4.69, 9.17) is 4.74 Å². The zero-order valence-electron chi connectivity index (χ0n) is 10.9. The maximum absolute atomic E-state index is 5.62. The third-order valence-corrected chi connectivity index (χ3v) is 4.37. The molecule has 18 heavy (non-hydrogen) atoms. The van der Waals surface area contributed by atoms with Crippen molar-refractivity contribution < 1.29 is 4.74 Å². The molecule has 0 radical (unpaired) electrons. The molecule has 0 spiro atoms. The molecule has 1 aromatic heterocycles. The predicted octanol–water partition coefficient (Wildman–Crippen LogP) is 5.14. The standard InChI is InChI=1S/C16H16OS/c1-10(2)11-5-4-6-12-14(9-11)15(17-3)13-7-8-18-16(12)13/h4-10H,1-3H3. The van der Waals surface area contributed by atoms with Crippen LogP contribution in [0.4, 0.5) is 0 Å². The summed E-state index contributed by atoms with van der Waals surface area (Å²) in [5, 5.41) is 3.36. The fourth-order valence-corrected chi connectivity index (χ4v) is 3.38. The van der Waals surface area contributed by atoms with E-state index in [0.717, 1.165) is 5.75 Å². The Labute approximate surface area is 111 Å². The summed E-state index contributed by atoms with van der Waals surface area (Å²) >= 11 is 1.78. The van der Waals surface area contributed by atoms with Crippen LogP contribution in [0.25, 0.3) is 21.2 Å². The van der Waals surface area contributed by atoms with Crippen molar-refractivity contribution in [1.82, 2.24) is 0 Å². The van der Waals surface area contributed by atoms with Gasteiger partial charge in [0.1, 0.15) is 5.75 Å². The van der Waals surface area contributed by atoms with Crippen molar-refractivity contribution in [2.75, 3.05) is 7.11 Å². The molecule has 92 valence electrons. The Bertz CT molecular complexity index is 666. The van der Waals surface area contributed by atoms with E-state index in [-0.39, 0.29) is 0 Å². The van der Waals surface area contributed by atoms with Crippen molar-refractivity contribution >= 4 is 21.4 Å². The van der Waals surface area contributed by atoms with E-state index in [1.54, 1.807) is 18.4 Å². The van der Waals surface area contributed by atoms with Crippen molar-refractivity contribution in [3.63, 3.8) is 0 Å². The second kappa shape index (κ2) is 4.29. The highest BCUT2D eigenvalue weighted by atomic mass is 32.1. The number of methoxy groups -OCH3 is 1. The summed E-state index contributed by atoms with van der Waals surface area (Å²) in [6, 6.07) is 11.0. The van der Waals surface area contributed by atoms with Crippen LogP contribution >= 0.6 is 11.3 Å². The molecule has 2 aliphatic carbocycles. The molecule has 0 atom stereocenters. The molecule has 0 unspecified atom stereocenters. The molecule has 1 heterocycles. The molecule has 0 fully saturated rings. The second-order valence-corrected chi connectivity index (χ2v) is 5.76. The summed E-state index contributed by atoms with van der Waals surface area (Å²) in [5.74, 6) is 1.54. The lowest BCUT2D eigenvalue weighted by atomic mass is 10.0. The van der Waals surface area contributed by atoms with Crippen molar-refractivity contribution in [2.24, 2.45) is 0 Å². The van der Waals surface area contributed by atoms with Gasteiger partial charge in [0.2, 0.25) is 0 Å². The fraction of sp³-hybridized carbons (Fsp3) is 0.250. The normalized spacial score (nSPS) is 11.6. The van der Waals surface area contributed by atoms with Crippen LogP contribution in [0.1, 0.15) is 25.3 Å². The first-order valence-corrected chi connectivity index (χ1v) is 7.07. The van der Waals surface area contributed by atoms with Gasteiger partial charge < -0.3 is 4.74 Å². The largest absolute Gasteiger partial charge is 0.495 e. The van der Waals surface area contributed by atoms with E-state index in [0.29, 0.717) is 5.92 Å². The zero-order chi connectivity index (χ0) is 12.7. The molecule has 0 N–H and O–H groups in total. The minimum absolute atomic E-state index is 0.526. The molecule has 2 heteroatoms. The summed E-state index contributed by atoms with van der Waals surface area (Å²) in [5.41, 5.74) is 3.87. The minimum Gasteiger partial charge on any atom is -0.495 e. The zero-order valence-corrected chi connectivity index (χ0v) is 11.7. The topological polar surface area (TPSA) is 9.23 Å². The van der Waals surface area contributed by atoms with Gasteiger partial charge in [-0.25, -0.2) is 0 Å². The number of thiophene rings is 1. The van der Waals surface area contributed by atoms with Crippen LogP contribution in [0.15, 0.2) is 35.7 Å². The second-order valence-electron chi connectivity index (χ2n) is 4.85. The van der Waals surface area contributed by atoms with Gasteiger partial charge in [0.15, 0.2) is 0 Å². The lowest BCUT2D eigenvalue weighted by Gasteiger charge is -2.04. The van der Waals surface area contributed by atoms with Crippen molar-refractivity contribution in [3.8, 4) is 16.9 Å². The van der Waals surface area contributed by atoms with Crippen molar-refractivity contribution in [1.29, 1.82) is 0 Å². The van der Waals surface area contributed by atoms with E-state index in [9.17, 15) is 0 Å². The monoisotopic (exact) mass is 256 g/mol. The minimum atomic E-state index is 0.526. The van der Waals surface area contributed by atoms with Crippen LogP contribution in [0, 0.1) is 0 Å². The van der Waals surface area contributed by atoms with Gasteiger partial charge in [0, 0.05) is 21.2 Å². The van der Waals surface area contributed by atoms with E-state index in [1.165, 1.54) is 26.8 Å². The van der Waals surface area contributed by atoms with Crippen molar-refractivity contribution in [3.05, 3.63) is 41.3 Å². The van der Waals surface area contributed by atoms with Crippen LogP contribution in [0.3, 0.4) is 0 Å². The molecule has 2 aliphatic rings. The fourth-order valence-electron chi connectivity index (χ4n) is 2.44. The Hall–Kier alpha value is -1.54. The summed E-state index contributed by atoms with van der Waals surface area (Å²) in [6.07, 6.45) is 0. The first-order valence-electron chi connectivity index (χ1n) is 6.19. The Balaban J connectivity index is 2.39. The number of hydrogen-bond acceptors (Lipinski definition) is 2. The van der Waals surface area contributed by atoms with Gasteiger partial charge in [-0.1, -0.05) is 32.0 Å². The van der Waals surface area contributed by atoms with E-state index in [2.05, 4.69) is 49.6 Å². The average molecular weight is 256 g/mol. The number of rotatable bonds is 2. The first kappa shape index (κ1) is 11.5. The number of ether oxygens (including phenoxy) is 1. The van der Waals surface area contributed by atoms with Crippen LogP contribution in [0.5, 0.6) is 5.75 Å². The highest BCUT2D eigenvalue weighted by Crippen LogP contribution is 2.47. The van der Waals surface area contributed by atoms with Crippen molar-refractivity contribution in [2.45, 2.75) is 19.8 Å². The molecule has 1 aromatic rings. The third-order valence-electron chi connectivity index (χ3n) is 3.42. The van der Waals surface area contributed by atoms with Crippen LogP contribution in [-0.2, 0) is 0 Å². The molecule has 0 amide bonds. The Kier molecular flexibility index (Phi) is 2.75. The number of hydrogen-bond donors (Lipinski definition) is 0. The van der Waals surface area contributed by atoms with Gasteiger partial charge in [-0.2, -0.15) is 0 Å². The van der Waals surface area contributed by atoms with Crippen LogP contribution < -0.4 is 4.74 Å². The maximum atomic E-state index is 5.62. The molecular weight excluding hydrogens is 240 g/mol. The smallest absolute Gasteiger partial charge is 0.135 e. The summed E-state index contributed by atoms with van der Waals surface area (Å²) in [7, 11) is 1.76. The highest BCUT2D eigenvalue weighted by molar-refractivity contribution is 7.18. The van der Waals surface area contributed by atoms with Gasteiger partial charge in [0.05, 0.1) is 7.11 Å². The average Bonchev–Trinajstić information content (AvgIpc) is 2.82. The predicted molar refractivity (Wildman–Crippen MR) is 79.1 cm³/mol. The van der Waals surface area contributed by atoms with Gasteiger partial charge >= 0.3 is 0 Å². The summed E-state index contributed by atoms with van der Waals surface area (Å²) in [6.45, 7) is 4.44. The van der Waals surface area contributed by atoms with Gasteiger partial charge in [-0.15, -0.1) is 11.3 Å². The Morgan fingerprint density at radius 2 is 1.94 bits per heavy atom. The molecule has 3 rings (SSSR count). The van der Waals surface area contributed by atoms with Gasteiger partial charge in [0.25, 0.3) is 0 Å². The lowest BCUT2D eigenvalue weighted by Crippen LogP contribution is -1.85. The molecule has 1 nitrogen and oxygen atoms in total. The third kappa shape index (κ3) is 1.60. The molecule has 0 bridgehead atoms. The lowest BCUT2D eigenvalue weighted by molar-refractivity contribution is 0.422. The molecule has 0 saturated carbocycles. The highest BCUT2D eigenvalue weighted by Gasteiger charge is 2.19. The van der Waals surface area contributed by atoms with E-state index < -0.39 is 0 Å². The molecule has 0 aromatic carbocycles. The summed E-state index contributed by atoms with van der Waals surface area (Å²) in [4.78, 5) is 0. The number of fused-ring (bicyclic) bond motifs is 3. The summed E-state index contributed by atoms with van der Waals surface area (Å²) < 4.78 is 6.95. The van der Waals surface area contributed by atoms with Crippen LogP contribution in [0.2, 0.25) is 0 Å². The SMILES string of the molecule is COc1c2cc(C(C)C)cccc-2c2sccc12. The molecule has 0 saturated heterocycles. The quantitative estimate of drug-likeness (QED) is 0.617. The maximum Gasteiger partial charge on any atom is 0.135 e. The Morgan fingerprint density at radius 1 is 1.11 bits per heavy atom.